The summed E-state index contributed by atoms with van der Waals surface area (Å²) in [5.74, 6) is -1.98. The second kappa shape index (κ2) is 7.31. The van der Waals surface area contributed by atoms with Gasteiger partial charge in [0, 0.05) is 16.7 Å². The van der Waals surface area contributed by atoms with Gasteiger partial charge in [0.2, 0.25) is 5.83 Å². The summed E-state index contributed by atoms with van der Waals surface area (Å²) < 4.78 is 25.7. The summed E-state index contributed by atoms with van der Waals surface area (Å²) in [6, 6.07) is 1.71. The van der Waals surface area contributed by atoms with E-state index >= 15 is 0 Å². The molecule has 26 heavy (non-hydrogen) atoms. The van der Waals surface area contributed by atoms with Crippen LogP contribution in [0.15, 0.2) is 18.0 Å². The van der Waals surface area contributed by atoms with Crippen LogP contribution in [-0.2, 0) is 4.79 Å². The summed E-state index contributed by atoms with van der Waals surface area (Å²) in [4.78, 5) is 11.2. The highest BCUT2D eigenvalue weighted by molar-refractivity contribution is 6.34. The van der Waals surface area contributed by atoms with E-state index < -0.39 is 17.4 Å². The van der Waals surface area contributed by atoms with E-state index in [0.29, 0.717) is 11.3 Å². The Morgan fingerprint density at radius 1 is 1.42 bits per heavy atom. The van der Waals surface area contributed by atoms with Gasteiger partial charge in [-0.05, 0) is 43.9 Å². The van der Waals surface area contributed by atoms with Gasteiger partial charge in [0.15, 0.2) is 5.75 Å². The fourth-order valence-electron chi connectivity index (χ4n) is 3.17. The molecule has 0 aliphatic carbocycles. The lowest BCUT2D eigenvalue weighted by molar-refractivity contribution is -0.134. The number of hydrogen-bond acceptors (Lipinski definition) is 3. The highest BCUT2D eigenvalue weighted by Gasteiger charge is 2.33. The number of allylic oxidation sites excluding steroid dienone is 2. The van der Waals surface area contributed by atoms with E-state index in [0.717, 1.165) is 11.1 Å². The molecule has 0 amide bonds. The Balaban J connectivity index is 2.88. The van der Waals surface area contributed by atoms with Crippen molar-refractivity contribution in [2.24, 2.45) is 5.92 Å². The molecule has 142 valence electrons. The minimum absolute atomic E-state index is 0.0342. The maximum Gasteiger partial charge on any atom is 0.365 e. The molecule has 0 aromatic heterocycles. The average molecular weight is 383 g/mol. The molecule has 4 nitrogen and oxygen atoms in total. The van der Waals surface area contributed by atoms with Gasteiger partial charge in [-0.2, -0.15) is 4.39 Å². The molecular weight excluding hydrogens is 359 g/mol. The third-order valence-corrected chi connectivity index (χ3v) is 4.66. The Hall–Kier alpha value is -2.01. The number of methoxy groups -OCH3 is 1. The first-order chi connectivity index (χ1) is 12.0. The van der Waals surface area contributed by atoms with E-state index in [1.165, 1.54) is 7.11 Å². The van der Waals surface area contributed by atoms with E-state index in [4.69, 9.17) is 26.2 Å². The van der Waals surface area contributed by atoms with Crippen molar-refractivity contribution in [2.75, 3.05) is 7.11 Å². The predicted molar refractivity (Wildman–Crippen MR) is 101 cm³/mol. The molecule has 0 saturated heterocycles. The Labute approximate surface area is 158 Å². The lowest BCUT2D eigenvalue weighted by Crippen LogP contribution is -2.30. The first-order valence-electron chi connectivity index (χ1n) is 8.49. The minimum Gasteiger partial charge on any atom is -0.494 e. The van der Waals surface area contributed by atoms with Crippen LogP contribution in [-0.4, -0.2) is 23.8 Å². The SMILES string of the molecule is CCC(=C(F)C(=O)O)c1cc2c(c(Cl)c1OC)OC(C)(C)C=C2C(C)C. The Morgan fingerprint density at radius 2 is 2.04 bits per heavy atom. The second-order valence-corrected chi connectivity index (χ2v) is 7.44. The molecule has 1 aromatic carbocycles. The molecule has 0 radical (unpaired) electrons. The molecule has 0 spiro atoms. The fraction of sp³-hybridized carbons (Fsp3) is 0.450. The summed E-state index contributed by atoms with van der Waals surface area (Å²) >= 11 is 6.54. The lowest BCUT2D eigenvalue weighted by Gasteiger charge is -2.34. The fourth-order valence-corrected chi connectivity index (χ4v) is 3.49. The van der Waals surface area contributed by atoms with Crippen molar-refractivity contribution in [3.8, 4) is 11.5 Å². The Bertz CT molecular complexity index is 807. The number of carboxylic acids is 1. The zero-order valence-electron chi connectivity index (χ0n) is 15.9. The molecule has 0 saturated carbocycles. The molecule has 2 rings (SSSR count). The predicted octanol–water partition coefficient (Wildman–Crippen LogP) is 5.73. The van der Waals surface area contributed by atoms with Crippen LogP contribution in [0.5, 0.6) is 11.5 Å². The third-order valence-electron chi connectivity index (χ3n) is 4.31. The quantitative estimate of drug-likeness (QED) is 0.660. The van der Waals surface area contributed by atoms with Crippen molar-refractivity contribution in [3.05, 3.63) is 34.1 Å². The molecule has 1 N–H and O–H groups in total. The number of aliphatic carboxylic acids is 1. The van der Waals surface area contributed by atoms with E-state index in [9.17, 15) is 9.18 Å². The largest absolute Gasteiger partial charge is 0.494 e. The van der Waals surface area contributed by atoms with Crippen LogP contribution >= 0.6 is 11.6 Å². The van der Waals surface area contributed by atoms with Crippen molar-refractivity contribution in [1.82, 2.24) is 0 Å². The van der Waals surface area contributed by atoms with Gasteiger partial charge < -0.3 is 14.6 Å². The van der Waals surface area contributed by atoms with Crippen molar-refractivity contribution in [3.63, 3.8) is 0 Å². The van der Waals surface area contributed by atoms with Crippen molar-refractivity contribution in [1.29, 1.82) is 0 Å². The average Bonchev–Trinajstić information content (AvgIpc) is 2.55. The summed E-state index contributed by atoms with van der Waals surface area (Å²) in [5.41, 5.74) is 1.54. The first kappa shape index (κ1) is 20.3. The number of carboxylic acid groups (broad SMARTS) is 1. The topological polar surface area (TPSA) is 55.8 Å². The van der Waals surface area contributed by atoms with Gasteiger partial charge in [-0.1, -0.05) is 32.4 Å². The highest BCUT2D eigenvalue weighted by Crippen LogP contribution is 2.50. The normalized spacial score (nSPS) is 16.4. The molecule has 1 aromatic rings. The molecule has 1 aliphatic heterocycles. The lowest BCUT2D eigenvalue weighted by atomic mass is 9.85. The van der Waals surface area contributed by atoms with Gasteiger partial charge in [-0.25, -0.2) is 4.79 Å². The van der Waals surface area contributed by atoms with Crippen molar-refractivity contribution < 1.29 is 23.8 Å². The van der Waals surface area contributed by atoms with Crippen molar-refractivity contribution in [2.45, 2.75) is 46.6 Å². The van der Waals surface area contributed by atoms with Gasteiger partial charge >= 0.3 is 5.97 Å². The van der Waals surface area contributed by atoms with E-state index in [-0.39, 0.29) is 28.7 Å². The molecule has 0 bridgehead atoms. The van der Waals surface area contributed by atoms with Gasteiger partial charge in [0.05, 0.1) is 7.11 Å². The minimum atomic E-state index is -1.62. The maximum absolute atomic E-state index is 14.3. The molecule has 0 unspecified atom stereocenters. The number of hydrogen-bond donors (Lipinski definition) is 1. The molecule has 1 aliphatic rings. The van der Waals surface area contributed by atoms with Crippen LogP contribution < -0.4 is 9.47 Å². The molecule has 0 fully saturated rings. The zero-order chi connectivity index (χ0) is 19.8. The van der Waals surface area contributed by atoms with Crippen LogP contribution in [0.1, 0.15) is 52.2 Å². The first-order valence-corrected chi connectivity index (χ1v) is 8.86. The van der Waals surface area contributed by atoms with E-state index in [1.54, 1.807) is 13.0 Å². The standard InChI is InChI=1S/C20H24ClFO4/c1-7-11(16(22)19(23)24)12-8-13-14(10(2)3)9-20(4,5)26-18(13)15(21)17(12)25-6/h8-10H,7H2,1-6H3,(H,23,24). The molecular formula is C20H24ClFO4. The molecule has 6 heteroatoms. The van der Waals surface area contributed by atoms with Gasteiger partial charge in [-0.3, -0.25) is 0 Å². The van der Waals surface area contributed by atoms with Crippen LogP contribution in [0.3, 0.4) is 0 Å². The second-order valence-electron chi connectivity index (χ2n) is 7.06. The third kappa shape index (κ3) is 3.58. The van der Waals surface area contributed by atoms with Gasteiger partial charge in [0.25, 0.3) is 0 Å². The highest BCUT2D eigenvalue weighted by atomic mass is 35.5. The van der Waals surface area contributed by atoms with E-state index in [1.807, 2.05) is 33.8 Å². The summed E-state index contributed by atoms with van der Waals surface area (Å²) in [6.45, 7) is 9.63. The summed E-state index contributed by atoms with van der Waals surface area (Å²) in [7, 11) is 1.41. The molecule has 0 atom stereocenters. The van der Waals surface area contributed by atoms with Crippen LogP contribution in [0, 0.1) is 5.92 Å². The number of rotatable bonds is 5. The van der Waals surface area contributed by atoms with Crippen LogP contribution in [0.4, 0.5) is 4.39 Å². The maximum atomic E-state index is 14.3. The number of halogens is 2. The smallest absolute Gasteiger partial charge is 0.365 e. The number of ether oxygens (including phenoxy) is 2. The Morgan fingerprint density at radius 3 is 2.50 bits per heavy atom. The number of carbonyl (C=O) groups is 1. The van der Waals surface area contributed by atoms with Gasteiger partial charge in [-0.15, -0.1) is 0 Å². The number of fused-ring (bicyclic) bond motifs is 1. The van der Waals surface area contributed by atoms with Crippen LogP contribution in [0.2, 0.25) is 5.02 Å². The monoisotopic (exact) mass is 382 g/mol. The van der Waals surface area contributed by atoms with Gasteiger partial charge in [0.1, 0.15) is 16.4 Å². The summed E-state index contributed by atoms with van der Waals surface area (Å²) in [5, 5.41) is 9.29. The summed E-state index contributed by atoms with van der Waals surface area (Å²) in [6.07, 6.45) is 2.19. The van der Waals surface area contributed by atoms with Crippen LogP contribution in [0.25, 0.3) is 11.1 Å². The number of benzene rings is 1. The van der Waals surface area contributed by atoms with E-state index in [2.05, 4.69) is 0 Å². The van der Waals surface area contributed by atoms with Crippen molar-refractivity contribution >= 4 is 28.7 Å². The Kier molecular flexibility index (Phi) is 5.71. The molecule has 1 heterocycles. The zero-order valence-corrected chi connectivity index (χ0v) is 16.6.